The van der Waals surface area contributed by atoms with Crippen molar-refractivity contribution in [2.45, 2.75) is 13.5 Å². The van der Waals surface area contributed by atoms with Gasteiger partial charge in [0, 0.05) is 6.20 Å². The summed E-state index contributed by atoms with van der Waals surface area (Å²) in [5.41, 5.74) is 0. The summed E-state index contributed by atoms with van der Waals surface area (Å²) in [6.07, 6.45) is 3.56. The first-order valence-electron chi connectivity index (χ1n) is 2.86. The highest BCUT2D eigenvalue weighted by Crippen LogP contribution is 2.00. The first-order chi connectivity index (χ1) is 4.68. The molecule has 0 aliphatic carbocycles. The third-order valence-electron chi connectivity index (χ3n) is 0.986. The fourth-order valence-electron chi connectivity index (χ4n) is 0.653. The highest BCUT2D eigenvalue weighted by atomic mass is 127. The van der Waals surface area contributed by atoms with Gasteiger partial charge in [0.15, 0.2) is 5.78 Å². The van der Waals surface area contributed by atoms with Crippen LogP contribution in [0.5, 0.6) is 0 Å². The average molecular weight is 250 g/mol. The Morgan fingerprint density at radius 2 is 2.60 bits per heavy atom. The van der Waals surface area contributed by atoms with E-state index >= 15 is 0 Å². The zero-order chi connectivity index (χ0) is 7.56. The minimum Gasteiger partial charge on any atom is -0.298 e. The zero-order valence-electron chi connectivity index (χ0n) is 5.54. The molecule has 0 amide bonds. The molecule has 0 unspecified atom stereocenters. The van der Waals surface area contributed by atoms with Gasteiger partial charge in [-0.25, -0.2) is 0 Å². The first kappa shape index (κ1) is 7.71. The van der Waals surface area contributed by atoms with Crippen LogP contribution in [0.2, 0.25) is 0 Å². The number of hydrogen-bond acceptors (Lipinski definition) is 2. The van der Waals surface area contributed by atoms with Crippen molar-refractivity contribution in [1.29, 1.82) is 0 Å². The van der Waals surface area contributed by atoms with Crippen molar-refractivity contribution in [2.75, 3.05) is 0 Å². The predicted octanol–water partition coefficient (Wildman–Crippen LogP) is 1.08. The Bertz CT molecular complexity index is 244. The van der Waals surface area contributed by atoms with Crippen LogP contribution in [0.1, 0.15) is 6.92 Å². The van der Waals surface area contributed by atoms with E-state index < -0.39 is 0 Å². The Morgan fingerprint density at radius 3 is 3.00 bits per heavy atom. The van der Waals surface area contributed by atoms with E-state index in [-0.39, 0.29) is 5.78 Å². The molecule has 10 heavy (non-hydrogen) atoms. The summed E-state index contributed by atoms with van der Waals surface area (Å²) in [6.45, 7) is 1.93. The molecule has 1 aromatic rings. The van der Waals surface area contributed by atoms with Crippen LogP contribution in [0.25, 0.3) is 0 Å². The molecule has 0 atom stereocenters. The number of halogens is 1. The quantitative estimate of drug-likeness (QED) is 0.736. The number of nitrogens with zero attached hydrogens (tertiary/aromatic N) is 2. The highest BCUT2D eigenvalue weighted by Gasteiger charge is 1.96. The van der Waals surface area contributed by atoms with E-state index in [0.29, 0.717) is 6.54 Å². The molecule has 0 saturated carbocycles. The maximum atomic E-state index is 10.6. The van der Waals surface area contributed by atoms with Gasteiger partial charge in [0.2, 0.25) is 0 Å². The summed E-state index contributed by atoms with van der Waals surface area (Å²) in [5, 5.41) is 3.94. The maximum Gasteiger partial charge on any atom is 0.151 e. The predicted molar refractivity (Wildman–Crippen MR) is 45.6 cm³/mol. The van der Waals surface area contributed by atoms with Crippen LogP contribution in [0.15, 0.2) is 12.4 Å². The third kappa shape index (κ3) is 2.09. The molecule has 0 spiro atoms. The number of hydrogen-bond donors (Lipinski definition) is 0. The number of carbonyl (C=O) groups excluding carboxylic acids is 1. The topological polar surface area (TPSA) is 34.9 Å². The van der Waals surface area contributed by atoms with E-state index in [9.17, 15) is 4.79 Å². The van der Waals surface area contributed by atoms with E-state index in [1.54, 1.807) is 17.8 Å². The lowest BCUT2D eigenvalue weighted by Crippen LogP contribution is -2.05. The number of Topliss-reactive ketones (excluding diaryl/α,β-unsaturated/α-hetero) is 1. The summed E-state index contributed by atoms with van der Waals surface area (Å²) >= 11 is 2.15. The van der Waals surface area contributed by atoms with Gasteiger partial charge in [0.25, 0.3) is 0 Å². The molecule has 0 aliphatic rings. The second kappa shape index (κ2) is 3.14. The highest BCUT2D eigenvalue weighted by molar-refractivity contribution is 14.1. The molecule has 0 N–H and O–H groups in total. The molecule has 4 heteroatoms. The molecular weight excluding hydrogens is 243 g/mol. The third-order valence-corrected chi connectivity index (χ3v) is 1.54. The number of aromatic nitrogens is 2. The van der Waals surface area contributed by atoms with E-state index in [0.717, 1.165) is 3.57 Å². The van der Waals surface area contributed by atoms with Crippen LogP contribution in [-0.4, -0.2) is 15.6 Å². The van der Waals surface area contributed by atoms with Crippen molar-refractivity contribution in [3.8, 4) is 0 Å². The summed E-state index contributed by atoms with van der Waals surface area (Å²) in [7, 11) is 0. The molecule has 0 aromatic carbocycles. The van der Waals surface area contributed by atoms with Crippen molar-refractivity contribution in [2.24, 2.45) is 0 Å². The van der Waals surface area contributed by atoms with Gasteiger partial charge in [0.05, 0.1) is 16.3 Å². The SMILES string of the molecule is CC(=O)Cn1cc(I)cn1. The molecule has 0 saturated heterocycles. The van der Waals surface area contributed by atoms with Crippen LogP contribution in [0.4, 0.5) is 0 Å². The first-order valence-corrected chi connectivity index (χ1v) is 3.94. The van der Waals surface area contributed by atoms with Crippen LogP contribution < -0.4 is 0 Å². The van der Waals surface area contributed by atoms with Gasteiger partial charge in [-0.2, -0.15) is 5.10 Å². The largest absolute Gasteiger partial charge is 0.298 e. The molecule has 0 bridgehead atoms. The average Bonchev–Trinajstić information content (AvgIpc) is 2.13. The van der Waals surface area contributed by atoms with E-state index in [4.69, 9.17) is 0 Å². The smallest absolute Gasteiger partial charge is 0.151 e. The number of carbonyl (C=O) groups is 1. The summed E-state index contributed by atoms with van der Waals surface area (Å²) in [4.78, 5) is 10.6. The molecule has 1 rings (SSSR count). The van der Waals surface area contributed by atoms with Crippen molar-refractivity contribution in [3.63, 3.8) is 0 Å². The van der Waals surface area contributed by atoms with E-state index in [1.807, 2.05) is 6.20 Å². The Kier molecular flexibility index (Phi) is 2.42. The second-order valence-corrected chi connectivity index (χ2v) is 3.30. The van der Waals surface area contributed by atoms with Crippen molar-refractivity contribution < 1.29 is 4.79 Å². The summed E-state index contributed by atoms with van der Waals surface area (Å²) in [6, 6.07) is 0. The molecular formula is C6H7IN2O. The van der Waals surface area contributed by atoms with Gasteiger partial charge in [-0.1, -0.05) is 0 Å². The second-order valence-electron chi connectivity index (χ2n) is 2.06. The lowest BCUT2D eigenvalue weighted by Gasteiger charge is -1.92. The molecule has 54 valence electrons. The summed E-state index contributed by atoms with van der Waals surface area (Å²) < 4.78 is 2.68. The van der Waals surface area contributed by atoms with Gasteiger partial charge in [-0.15, -0.1) is 0 Å². The fraction of sp³-hybridized carbons (Fsp3) is 0.333. The van der Waals surface area contributed by atoms with Gasteiger partial charge < -0.3 is 0 Å². The Balaban J connectivity index is 2.67. The molecule has 3 nitrogen and oxygen atoms in total. The minimum absolute atomic E-state index is 0.125. The molecule has 1 aromatic heterocycles. The van der Waals surface area contributed by atoms with Crippen LogP contribution in [-0.2, 0) is 11.3 Å². The molecule has 0 radical (unpaired) electrons. The van der Waals surface area contributed by atoms with Crippen LogP contribution in [0, 0.1) is 3.57 Å². The molecule has 1 heterocycles. The molecule has 0 fully saturated rings. The molecule has 0 aliphatic heterocycles. The lowest BCUT2D eigenvalue weighted by molar-refractivity contribution is -0.117. The number of rotatable bonds is 2. The van der Waals surface area contributed by atoms with Gasteiger partial charge in [-0.3, -0.25) is 9.48 Å². The van der Waals surface area contributed by atoms with Crippen molar-refractivity contribution >= 4 is 28.4 Å². The van der Waals surface area contributed by atoms with E-state index in [1.165, 1.54) is 0 Å². The van der Waals surface area contributed by atoms with Crippen molar-refractivity contribution in [3.05, 3.63) is 16.0 Å². The van der Waals surface area contributed by atoms with Gasteiger partial charge in [0.1, 0.15) is 0 Å². The Labute approximate surface area is 72.6 Å². The Morgan fingerprint density at radius 1 is 1.90 bits per heavy atom. The lowest BCUT2D eigenvalue weighted by atomic mass is 10.4. The minimum atomic E-state index is 0.125. The fourth-order valence-corrected chi connectivity index (χ4v) is 1.10. The van der Waals surface area contributed by atoms with Gasteiger partial charge >= 0.3 is 0 Å². The maximum absolute atomic E-state index is 10.6. The normalized spacial score (nSPS) is 9.80. The van der Waals surface area contributed by atoms with Crippen LogP contribution in [0.3, 0.4) is 0 Å². The zero-order valence-corrected chi connectivity index (χ0v) is 7.70. The van der Waals surface area contributed by atoms with E-state index in [2.05, 4.69) is 27.7 Å². The number of ketones is 1. The van der Waals surface area contributed by atoms with Gasteiger partial charge in [-0.05, 0) is 29.5 Å². The van der Waals surface area contributed by atoms with Crippen molar-refractivity contribution in [1.82, 2.24) is 9.78 Å². The monoisotopic (exact) mass is 250 g/mol. The summed E-state index contributed by atoms with van der Waals surface area (Å²) in [5.74, 6) is 0.125. The Hall–Kier alpha value is -0.390. The van der Waals surface area contributed by atoms with Crippen LogP contribution >= 0.6 is 22.6 Å². The standard InChI is InChI=1S/C6H7IN2O/c1-5(10)3-9-4-6(7)2-8-9/h2,4H,3H2,1H3.